The number of aromatic nitrogens is 2. The summed E-state index contributed by atoms with van der Waals surface area (Å²) in [7, 11) is 1.41. The maximum atomic E-state index is 11.7. The molecule has 0 atom stereocenters. The van der Waals surface area contributed by atoms with E-state index in [1.54, 1.807) is 12.4 Å². The number of carbonyl (C=O) groups excluding carboxylic acids is 1. The number of carbonyl (C=O) groups is 1. The monoisotopic (exact) mass is 338 g/mol. The van der Waals surface area contributed by atoms with E-state index in [0.717, 1.165) is 49.7 Å². The number of aryl methyl sites for hydroxylation is 1. The molecule has 4 rings (SSSR count). The van der Waals surface area contributed by atoms with Crippen molar-refractivity contribution in [2.45, 2.75) is 25.2 Å². The number of nitrogens with one attached hydrogen (secondary N) is 1. The first-order chi connectivity index (χ1) is 12.1. The molecular formula is C19H22N4O2. The zero-order valence-electron chi connectivity index (χ0n) is 14.6. The molecule has 0 unspecified atom stereocenters. The van der Waals surface area contributed by atoms with Crippen LogP contribution in [0.5, 0.6) is 0 Å². The Morgan fingerprint density at radius 1 is 1.24 bits per heavy atom. The Balaban J connectivity index is 1.55. The first kappa shape index (κ1) is 15.9. The van der Waals surface area contributed by atoms with Crippen LogP contribution in [0.1, 0.15) is 34.5 Å². The molecule has 0 amide bonds. The fourth-order valence-electron chi connectivity index (χ4n) is 4.06. The number of benzene rings is 1. The van der Waals surface area contributed by atoms with Crippen molar-refractivity contribution in [1.82, 2.24) is 9.97 Å². The van der Waals surface area contributed by atoms with Crippen LogP contribution in [0.4, 0.5) is 11.5 Å². The number of nitrogens with zero attached hydrogens (tertiary/aromatic N) is 3. The van der Waals surface area contributed by atoms with Gasteiger partial charge in [-0.2, -0.15) is 0 Å². The Hall–Kier alpha value is -2.63. The predicted molar refractivity (Wildman–Crippen MR) is 96.2 cm³/mol. The SMILES string of the molecule is COC(=O)c1ccc2c(c1)NCC21CCN(c2nccnc2C)CC1. The number of fused-ring (bicyclic) bond motifs is 2. The molecule has 1 aromatic heterocycles. The van der Waals surface area contributed by atoms with Gasteiger partial charge in [0.25, 0.3) is 0 Å². The van der Waals surface area contributed by atoms with Gasteiger partial charge in [-0.05, 0) is 37.5 Å². The minimum absolute atomic E-state index is 0.136. The van der Waals surface area contributed by atoms with E-state index in [-0.39, 0.29) is 11.4 Å². The number of anilines is 2. The van der Waals surface area contributed by atoms with Gasteiger partial charge in [0.1, 0.15) is 5.82 Å². The van der Waals surface area contributed by atoms with Gasteiger partial charge in [-0.3, -0.25) is 4.98 Å². The van der Waals surface area contributed by atoms with E-state index in [4.69, 9.17) is 4.74 Å². The summed E-state index contributed by atoms with van der Waals surface area (Å²) in [5.41, 5.74) is 4.09. The summed E-state index contributed by atoms with van der Waals surface area (Å²) in [6.07, 6.45) is 5.61. The second kappa shape index (κ2) is 6.02. The van der Waals surface area contributed by atoms with Crippen molar-refractivity contribution in [2.24, 2.45) is 0 Å². The maximum absolute atomic E-state index is 11.7. The van der Waals surface area contributed by atoms with E-state index < -0.39 is 0 Å². The normalized spacial score (nSPS) is 17.9. The molecule has 0 saturated carbocycles. The molecule has 2 aliphatic heterocycles. The molecule has 3 heterocycles. The van der Waals surface area contributed by atoms with Crippen LogP contribution in [-0.4, -0.2) is 42.7 Å². The van der Waals surface area contributed by atoms with Gasteiger partial charge in [-0.25, -0.2) is 9.78 Å². The van der Waals surface area contributed by atoms with Gasteiger partial charge in [-0.15, -0.1) is 0 Å². The minimum Gasteiger partial charge on any atom is -0.465 e. The topological polar surface area (TPSA) is 67.3 Å². The van der Waals surface area contributed by atoms with Crippen LogP contribution in [0, 0.1) is 6.92 Å². The zero-order chi connectivity index (χ0) is 17.4. The molecule has 2 aromatic rings. The highest BCUT2D eigenvalue weighted by molar-refractivity contribution is 5.91. The fraction of sp³-hybridized carbons (Fsp3) is 0.421. The quantitative estimate of drug-likeness (QED) is 0.849. The van der Waals surface area contributed by atoms with Crippen molar-refractivity contribution in [1.29, 1.82) is 0 Å². The third-order valence-corrected chi connectivity index (χ3v) is 5.50. The fourth-order valence-corrected chi connectivity index (χ4v) is 4.06. The van der Waals surface area contributed by atoms with Crippen LogP contribution in [0.2, 0.25) is 0 Å². The van der Waals surface area contributed by atoms with E-state index in [0.29, 0.717) is 5.56 Å². The molecule has 0 radical (unpaired) electrons. The van der Waals surface area contributed by atoms with E-state index >= 15 is 0 Å². The second-order valence-electron chi connectivity index (χ2n) is 6.84. The lowest BCUT2D eigenvalue weighted by molar-refractivity contribution is 0.0601. The van der Waals surface area contributed by atoms with E-state index in [1.165, 1.54) is 12.7 Å². The van der Waals surface area contributed by atoms with Crippen molar-refractivity contribution in [2.75, 3.05) is 37.0 Å². The van der Waals surface area contributed by atoms with Gasteiger partial charge < -0.3 is 15.0 Å². The third kappa shape index (κ3) is 2.62. The van der Waals surface area contributed by atoms with Gasteiger partial charge in [0.2, 0.25) is 0 Å². The summed E-state index contributed by atoms with van der Waals surface area (Å²) in [6, 6.07) is 5.87. The van der Waals surface area contributed by atoms with Crippen LogP contribution in [-0.2, 0) is 10.2 Å². The number of hydrogen-bond donors (Lipinski definition) is 1. The smallest absolute Gasteiger partial charge is 0.337 e. The van der Waals surface area contributed by atoms with Crippen LogP contribution in [0.3, 0.4) is 0 Å². The summed E-state index contributed by atoms with van der Waals surface area (Å²) in [5, 5.41) is 3.49. The second-order valence-corrected chi connectivity index (χ2v) is 6.84. The predicted octanol–water partition coefficient (Wildman–Crippen LogP) is 2.54. The third-order valence-electron chi connectivity index (χ3n) is 5.50. The number of methoxy groups -OCH3 is 1. The Kier molecular flexibility index (Phi) is 3.82. The highest BCUT2D eigenvalue weighted by Gasteiger charge is 2.42. The maximum Gasteiger partial charge on any atom is 0.337 e. The molecule has 1 saturated heterocycles. The van der Waals surface area contributed by atoms with Crippen LogP contribution >= 0.6 is 0 Å². The van der Waals surface area contributed by atoms with Crippen LogP contribution < -0.4 is 10.2 Å². The van der Waals surface area contributed by atoms with E-state index in [2.05, 4.69) is 26.3 Å². The lowest BCUT2D eigenvalue weighted by Crippen LogP contribution is -2.44. The molecule has 6 heteroatoms. The average molecular weight is 338 g/mol. The largest absolute Gasteiger partial charge is 0.465 e. The summed E-state index contributed by atoms with van der Waals surface area (Å²) in [6.45, 7) is 4.84. The first-order valence-corrected chi connectivity index (χ1v) is 8.62. The number of hydrogen-bond acceptors (Lipinski definition) is 6. The Morgan fingerprint density at radius 3 is 2.72 bits per heavy atom. The van der Waals surface area contributed by atoms with Crippen molar-refractivity contribution < 1.29 is 9.53 Å². The van der Waals surface area contributed by atoms with Crippen molar-refractivity contribution in [3.8, 4) is 0 Å². The van der Waals surface area contributed by atoms with Gasteiger partial charge >= 0.3 is 5.97 Å². The Labute approximate surface area is 147 Å². The zero-order valence-corrected chi connectivity index (χ0v) is 14.6. The summed E-state index contributed by atoms with van der Waals surface area (Å²) in [4.78, 5) is 22.9. The van der Waals surface area contributed by atoms with Crippen molar-refractivity contribution >= 4 is 17.5 Å². The molecule has 6 nitrogen and oxygen atoms in total. The average Bonchev–Trinajstić information content (AvgIpc) is 3.00. The van der Waals surface area contributed by atoms with Crippen molar-refractivity contribution in [3.05, 3.63) is 47.4 Å². The molecule has 130 valence electrons. The van der Waals surface area contributed by atoms with Crippen LogP contribution in [0.15, 0.2) is 30.6 Å². The molecule has 1 aromatic carbocycles. The highest BCUT2D eigenvalue weighted by Crippen LogP contribution is 2.44. The molecule has 1 spiro atoms. The molecule has 1 N–H and O–H groups in total. The van der Waals surface area contributed by atoms with Gasteiger partial charge in [0.05, 0.1) is 18.4 Å². The molecule has 0 bridgehead atoms. The summed E-state index contributed by atoms with van der Waals surface area (Å²) in [5.74, 6) is 0.697. The highest BCUT2D eigenvalue weighted by atomic mass is 16.5. The standard InChI is InChI=1S/C19H22N4O2/c1-13-17(21-8-7-20-13)23-9-5-19(6-10-23)12-22-16-11-14(18(24)25-2)3-4-15(16)19/h3-4,7-8,11,22H,5-6,9-10,12H2,1-2H3. The molecule has 25 heavy (non-hydrogen) atoms. The van der Waals surface area contributed by atoms with Crippen LogP contribution in [0.25, 0.3) is 0 Å². The molecule has 2 aliphatic rings. The summed E-state index contributed by atoms with van der Waals surface area (Å²) < 4.78 is 4.82. The number of rotatable bonds is 2. The Morgan fingerprint density at radius 2 is 2.00 bits per heavy atom. The lowest BCUT2D eigenvalue weighted by Gasteiger charge is -2.40. The summed E-state index contributed by atoms with van der Waals surface area (Å²) >= 11 is 0. The molecule has 1 fully saturated rings. The van der Waals surface area contributed by atoms with Gasteiger partial charge in [-0.1, -0.05) is 6.07 Å². The minimum atomic E-state index is -0.293. The first-order valence-electron chi connectivity index (χ1n) is 8.62. The molecular weight excluding hydrogens is 316 g/mol. The molecule has 0 aliphatic carbocycles. The van der Waals surface area contributed by atoms with Gasteiger partial charge in [0, 0.05) is 43.1 Å². The Bertz CT molecular complexity index is 813. The van der Waals surface area contributed by atoms with E-state index in [9.17, 15) is 4.79 Å². The number of ether oxygens (including phenoxy) is 1. The number of piperidine rings is 1. The number of esters is 1. The van der Waals surface area contributed by atoms with Crippen molar-refractivity contribution in [3.63, 3.8) is 0 Å². The lowest BCUT2D eigenvalue weighted by atomic mass is 9.74. The van der Waals surface area contributed by atoms with Gasteiger partial charge in [0.15, 0.2) is 0 Å². The van der Waals surface area contributed by atoms with E-state index in [1.807, 2.05) is 19.1 Å².